The Morgan fingerprint density at radius 2 is 1.83 bits per heavy atom. The summed E-state index contributed by atoms with van der Waals surface area (Å²) in [6.07, 6.45) is 15.9. The van der Waals surface area contributed by atoms with Gasteiger partial charge in [0, 0.05) is 0 Å². The molecule has 0 aromatic rings. The molecule has 0 heterocycles. The van der Waals surface area contributed by atoms with Crippen LogP contribution < -0.4 is 0 Å². The van der Waals surface area contributed by atoms with E-state index in [9.17, 15) is 5.11 Å². The Kier molecular flexibility index (Phi) is 6.04. The quantitative estimate of drug-likeness (QED) is 0.470. The average molecular weight is 401 g/mol. The van der Waals surface area contributed by atoms with Gasteiger partial charge in [0.1, 0.15) is 0 Å². The van der Waals surface area contributed by atoms with Gasteiger partial charge in [0.2, 0.25) is 0 Å². The maximum Gasteiger partial charge on any atom is 0.0580 e. The van der Waals surface area contributed by atoms with Crippen molar-refractivity contribution in [1.82, 2.24) is 0 Å². The van der Waals surface area contributed by atoms with Gasteiger partial charge < -0.3 is 5.11 Å². The molecule has 0 radical (unpaired) electrons. The minimum Gasteiger partial charge on any atom is -0.393 e. The van der Waals surface area contributed by atoms with Crippen molar-refractivity contribution in [1.29, 1.82) is 0 Å². The molecule has 9 atom stereocenters. The van der Waals surface area contributed by atoms with Crippen molar-refractivity contribution in [3.63, 3.8) is 0 Å². The van der Waals surface area contributed by atoms with Gasteiger partial charge in [-0.25, -0.2) is 0 Å². The highest BCUT2D eigenvalue weighted by atomic mass is 16.3. The van der Waals surface area contributed by atoms with Crippen LogP contribution in [0.1, 0.15) is 106 Å². The molecule has 4 aliphatic rings. The van der Waals surface area contributed by atoms with E-state index in [4.69, 9.17) is 0 Å². The minimum absolute atomic E-state index is 0.0997. The molecule has 3 fully saturated rings. The monoisotopic (exact) mass is 400 g/mol. The summed E-state index contributed by atoms with van der Waals surface area (Å²) in [4.78, 5) is 0. The Balaban J connectivity index is 1.52. The van der Waals surface area contributed by atoms with Crippen molar-refractivity contribution >= 4 is 0 Å². The lowest BCUT2D eigenvalue weighted by Gasteiger charge is -2.60. The molecule has 4 rings (SSSR count). The number of hydrogen-bond donors (Lipinski definition) is 1. The maximum absolute atomic E-state index is 10.4. The van der Waals surface area contributed by atoms with E-state index in [1.165, 1.54) is 51.4 Å². The van der Waals surface area contributed by atoms with Crippen LogP contribution >= 0.6 is 0 Å². The first-order valence-corrected chi connectivity index (χ1v) is 13.1. The van der Waals surface area contributed by atoms with Gasteiger partial charge in [-0.3, -0.25) is 0 Å². The second kappa shape index (κ2) is 7.99. The van der Waals surface area contributed by atoms with Crippen molar-refractivity contribution in [2.75, 3.05) is 0 Å². The van der Waals surface area contributed by atoms with E-state index in [1.54, 1.807) is 5.57 Å². The highest BCUT2D eigenvalue weighted by Crippen LogP contribution is 2.68. The summed E-state index contributed by atoms with van der Waals surface area (Å²) in [5.41, 5.74) is 2.55. The summed E-state index contributed by atoms with van der Waals surface area (Å²) in [6, 6.07) is 0. The first kappa shape index (κ1) is 21.9. The van der Waals surface area contributed by atoms with Crippen LogP contribution in [-0.2, 0) is 0 Å². The summed E-state index contributed by atoms with van der Waals surface area (Å²) in [5, 5.41) is 10.4. The lowest BCUT2D eigenvalue weighted by Crippen LogP contribution is -2.53. The average Bonchev–Trinajstić information content (AvgIpc) is 3.00. The topological polar surface area (TPSA) is 20.2 Å². The summed E-state index contributed by atoms with van der Waals surface area (Å²) >= 11 is 0. The predicted molar refractivity (Wildman–Crippen MR) is 124 cm³/mol. The molecular formula is C28H48O. The maximum atomic E-state index is 10.4. The Morgan fingerprint density at radius 3 is 2.55 bits per heavy atom. The molecule has 0 spiro atoms. The molecule has 0 aromatic carbocycles. The van der Waals surface area contributed by atoms with Crippen LogP contribution in [0.25, 0.3) is 0 Å². The summed E-state index contributed by atoms with van der Waals surface area (Å²) < 4.78 is 0. The Morgan fingerprint density at radius 1 is 1.07 bits per heavy atom. The molecule has 1 heteroatoms. The van der Waals surface area contributed by atoms with E-state index < -0.39 is 0 Å². The Hall–Kier alpha value is -0.300. The predicted octanol–water partition coefficient (Wildman–Crippen LogP) is 7.63. The van der Waals surface area contributed by atoms with Gasteiger partial charge in [-0.1, -0.05) is 72.5 Å². The van der Waals surface area contributed by atoms with Gasteiger partial charge in [0.05, 0.1) is 6.10 Å². The van der Waals surface area contributed by atoms with Crippen molar-refractivity contribution in [3.05, 3.63) is 11.6 Å². The van der Waals surface area contributed by atoms with E-state index in [1.807, 2.05) is 0 Å². The second-order valence-electron chi connectivity index (χ2n) is 12.6. The molecule has 166 valence electrons. The standard InChI is InChI=1S/C28H48O/c1-18(2)8-7-9-19(3)24-12-13-25-23-11-10-21-17-22(29)16-20(4)28(21,6)26(23)14-15-27(24,25)5/h10,18-20,22-26,29H,7-9,11-17H2,1-6H3/t19-,20-,22+,23+,24-,25+,26+,27-,28+/m1/s1. The molecular weight excluding hydrogens is 352 g/mol. The van der Waals surface area contributed by atoms with Crippen LogP contribution in [0.5, 0.6) is 0 Å². The smallest absolute Gasteiger partial charge is 0.0580 e. The minimum atomic E-state index is -0.0997. The Bertz CT molecular complexity index is 620. The third kappa shape index (κ3) is 3.56. The molecule has 0 unspecified atom stereocenters. The first-order valence-electron chi connectivity index (χ1n) is 13.1. The van der Waals surface area contributed by atoms with Crippen LogP contribution in [0.4, 0.5) is 0 Å². The van der Waals surface area contributed by atoms with Crippen molar-refractivity contribution in [3.8, 4) is 0 Å². The lowest BCUT2D eigenvalue weighted by molar-refractivity contribution is -0.0757. The number of aliphatic hydroxyl groups is 1. The molecule has 0 aliphatic heterocycles. The van der Waals surface area contributed by atoms with Crippen molar-refractivity contribution in [2.45, 2.75) is 112 Å². The van der Waals surface area contributed by atoms with Crippen LogP contribution in [0.3, 0.4) is 0 Å². The number of allylic oxidation sites excluding steroid dienone is 1. The third-order valence-corrected chi connectivity index (χ3v) is 10.8. The molecule has 4 aliphatic carbocycles. The number of aliphatic hydroxyl groups excluding tert-OH is 1. The lowest BCUT2D eigenvalue weighted by atomic mass is 9.45. The fraction of sp³-hybridized carbons (Fsp3) is 0.929. The molecule has 0 bridgehead atoms. The van der Waals surface area contributed by atoms with Crippen LogP contribution in [-0.4, -0.2) is 11.2 Å². The highest BCUT2D eigenvalue weighted by Gasteiger charge is 2.60. The molecule has 3 saturated carbocycles. The second-order valence-corrected chi connectivity index (χ2v) is 12.6. The third-order valence-electron chi connectivity index (χ3n) is 10.8. The van der Waals surface area contributed by atoms with Crippen molar-refractivity contribution < 1.29 is 5.11 Å². The van der Waals surface area contributed by atoms with E-state index >= 15 is 0 Å². The molecule has 1 N–H and O–H groups in total. The summed E-state index contributed by atoms with van der Waals surface area (Å²) in [5.74, 6) is 6.02. The Labute approximate surface area is 181 Å². The van der Waals surface area contributed by atoms with Gasteiger partial charge in [-0.15, -0.1) is 0 Å². The first-order chi connectivity index (χ1) is 13.7. The van der Waals surface area contributed by atoms with E-state index in [0.717, 1.165) is 48.3 Å². The largest absolute Gasteiger partial charge is 0.393 e. The van der Waals surface area contributed by atoms with Crippen LogP contribution in [0.15, 0.2) is 11.6 Å². The zero-order valence-corrected chi connectivity index (χ0v) is 20.2. The number of hydrogen-bond acceptors (Lipinski definition) is 1. The molecule has 0 saturated heterocycles. The summed E-state index contributed by atoms with van der Waals surface area (Å²) in [6.45, 7) is 15.0. The number of rotatable bonds is 5. The van der Waals surface area contributed by atoms with Gasteiger partial charge in [-0.05, 0) is 97.2 Å². The zero-order chi connectivity index (χ0) is 21.0. The SMILES string of the molecule is CC(C)CCC[C@@H](C)[C@H]1CC[C@H]2[C@@H]3CC=C4C[C@@H](O)C[C@@H](C)[C@]4(C)[C@H]3CC[C@]12C. The van der Waals surface area contributed by atoms with Gasteiger partial charge >= 0.3 is 0 Å². The molecule has 0 aromatic heterocycles. The van der Waals surface area contributed by atoms with Gasteiger partial charge in [-0.2, -0.15) is 0 Å². The summed E-state index contributed by atoms with van der Waals surface area (Å²) in [7, 11) is 0. The number of fused-ring (bicyclic) bond motifs is 5. The van der Waals surface area contributed by atoms with Crippen LogP contribution in [0, 0.1) is 52.3 Å². The van der Waals surface area contributed by atoms with E-state index in [0.29, 0.717) is 16.7 Å². The van der Waals surface area contributed by atoms with E-state index in [-0.39, 0.29) is 6.10 Å². The molecule has 1 nitrogen and oxygen atoms in total. The van der Waals surface area contributed by atoms with Gasteiger partial charge in [0.15, 0.2) is 0 Å². The normalized spacial score (nSPS) is 47.9. The fourth-order valence-corrected chi connectivity index (χ4v) is 9.10. The van der Waals surface area contributed by atoms with Crippen molar-refractivity contribution in [2.24, 2.45) is 52.3 Å². The van der Waals surface area contributed by atoms with Crippen LogP contribution in [0.2, 0.25) is 0 Å². The van der Waals surface area contributed by atoms with Gasteiger partial charge in [0.25, 0.3) is 0 Å². The zero-order valence-electron chi connectivity index (χ0n) is 20.2. The highest BCUT2D eigenvalue weighted by molar-refractivity contribution is 5.26. The molecule has 29 heavy (non-hydrogen) atoms. The molecule has 0 amide bonds. The fourth-order valence-electron chi connectivity index (χ4n) is 9.10. The van der Waals surface area contributed by atoms with E-state index in [2.05, 4.69) is 47.6 Å².